The van der Waals surface area contributed by atoms with Crippen molar-refractivity contribution in [2.45, 2.75) is 45.2 Å². The first-order valence-electron chi connectivity index (χ1n) is 6.25. The van der Waals surface area contributed by atoms with Crippen LogP contribution in [0, 0.1) is 0 Å². The SMILES string of the molecule is CCC(C)N1CCC(n2ccc(N)n2)CC1. The van der Waals surface area contributed by atoms with E-state index in [0.717, 1.165) is 0 Å². The number of nitrogen functional groups attached to an aromatic ring is 1. The van der Waals surface area contributed by atoms with Crippen LogP contribution in [0.2, 0.25) is 0 Å². The monoisotopic (exact) mass is 222 g/mol. The van der Waals surface area contributed by atoms with Crippen molar-refractivity contribution in [3.8, 4) is 0 Å². The number of rotatable bonds is 3. The molecule has 90 valence electrons. The zero-order chi connectivity index (χ0) is 11.5. The number of nitrogens with zero attached hydrogens (tertiary/aromatic N) is 3. The number of hydrogen-bond donors (Lipinski definition) is 1. The number of likely N-dealkylation sites (tertiary alicyclic amines) is 1. The first kappa shape index (κ1) is 11.5. The summed E-state index contributed by atoms with van der Waals surface area (Å²) in [5.74, 6) is 0.629. The highest BCUT2D eigenvalue weighted by molar-refractivity contribution is 5.24. The molecule has 1 aromatic heterocycles. The van der Waals surface area contributed by atoms with Gasteiger partial charge < -0.3 is 10.6 Å². The first-order chi connectivity index (χ1) is 7.70. The van der Waals surface area contributed by atoms with Crippen molar-refractivity contribution in [2.75, 3.05) is 18.8 Å². The molecule has 2 rings (SSSR count). The molecule has 0 bridgehead atoms. The second-order valence-corrected chi connectivity index (χ2v) is 4.75. The normalized spacial score (nSPS) is 21.1. The predicted molar refractivity (Wildman–Crippen MR) is 66.2 cm³/mol. The van der Waals surface area contributed by atoms with Crippen molar-refractivity contribution in [2.24, 2.45) is 0 Å². The second-order valence-electron chi connectivity index (χ2n) is 4.75. The molecule has 0 saturated carbocycles. The van der Waals surface area contributed by atoms with Gasteiger partial charge in [0.25, 0.3) is 0 Å². The van der Waals surface area contributed by atoms with Gasteiger partial charge in [-0.3, -0.25) is 4.68 Å². The molecule has 1 unspecified atom stereocenters. The third kappa shape index (κ3) is 2.38. The Balaban J connectivity index is 1.90. The topological polar surface area (TPSA) is 47.1 Å². The lowest BCUT2D eigenvalue weighted by Crippen LogP contribution is -2.40. The highest BCUT2D eigenvalue weighted by Gasteiger charge is 2.23. The molecular weight excluding hydrogens is 200 g/mol. The van der Waals surface area contributed by atoms with Crippen LogP contribution in [0.25, 0.3) is 0 Å². The highest BCUT2D eigenvalue weighted by Crippen LogP contribution is 2.23. The van der Waals surface area contributed by atoms with Crippen LogP contribution in [0.15, 0.2) is 12.3 Å². The molecule has 1 fully saturated rings. The molecule has 1 atom stereocenters. The molecule has 16 heavy (non-hydrogen) atoms. The van der Waals surface area contributed by atoms with Gasteiger partial charge in [0, 0.05) is 25.3 Å². The van der Waals surface area contributed by atoms with Crippen molar-refractivity contribution in [3.63, 3.8) is 0 Å². The van der Waals surface area contributed by atoms with E-state index in [4.69, 9.17) is 5.73 Å². The lowest BCUT2D eigenvalue weighted by Gasteiger charge is -2.35. The van der Waals surface area contributed by atoms with Crippen molar-refractivity contribution >= 4 is 5.82 Å². The maximum atomic E-state index is 5.64. The summed E-state index contributed by atoms with van der Waals surface area (Å²) < 4.78 is 2.03. The van der Waals surface area contributed by atoms with E-state index in [1.807, 2.05) is 16.9 Å². The molecule has 0 amide bonds. The van der Waals surface area contributed by atoms with E-state index in [9.17, 15) is 0 Å². The van der Waals surface area contributed by atoms with E-state index >= 15 is 0 Å². The molecule has 2 N–H and O–H groups in total. The average Bonchev–Trinajstić information content (AvgIpc) is 2.75. The number of aromatic nitrogens is 2. The third-order valence-electron chi connectivity index (χ3n) is 3.72. The fraction of sp³-hybridized carbons (Fsp3) is 0.750. The Bertz CT molecular complexity index is 326. The van der Waals surface area contributed by atoms with E-state index in [1.54, 1.807) is 0 Å². The highest BCUT2D eigenvalue weighted by atomic mass is 15.3. The number of anilines is 1. The van der Waals surface area contributed by atoms with Crippen LogP contribution < -0.4 is 5.73 Å². The lowest BCUT2D eigenvalue weighted by molar-refractivity contribution is 0.136. The Morgan fingerprint density at radius 2 is 2.19 bits per heavy atom. The largest absolute Gasteiger partial charge is 0.382 e. The number of hydrogen-bond acceptors (Lipinski definition) is 3. The van der Waals surface area contributed by atoms with Crippen LogP contribution in [0.5, 0.6) is 0 Å². The van der Waals surface area contributed by atoms with E-state index in [2.05, 4.69) is 23.8 Å². The Hall–Kier alpha value is -1.03. The zero-order valence-corrected chi connectivity index (χ0v) is 10.3. The summed E-state index contributed by atoms with van der Waals surface area (Å²) in [4.78, 5) is 2.57. The Kier molecular flexibility index (Phi) is 3.49. The van der Waals surface area contributed by atoms with Crippen LogP contribution in [0.4, 0.5) is 5.82 Å². The molecule has 1 aromatic rings. The van der Waals surface area contributed by atoms with E-state index in [-0.39, 0.29) is 0 Å². The van der Waals surface area contributed by atoms with Gasteiger partial charge in [0.15, 0.2) is 0 Å². The van der Waals surface area contributed by atoms with Gasteiger partial charge in [0.2, 0.25) is 0 Å². The molecule has 0 spiro atoms. The van der Waals surface area contributed by atoms with E-state index in [1.165, 1.54) is 32.4 Å². The fourth-order valence-electron chi connectivity index (χ4n) is 2.41. The quantitative estimate of drug-likeness (QED) is 0.849. The Labute approximate surface area is 97.4 Å². The van der Waals surface area contributed by atoms with Crippen LogP contribution in [-0.4, -0.2) is 33.8 Å². The molecule has 0 aromatic carbocycles. The predicted octanol–water partition coefficient (Wildman–Crippen LogP) is 1.90. The van der Waals surface area contributed by atoms with Gasteiger partial charge in [0.05, 0.1) is 6.04 Å². The summed E-state index contributed by atoms with van der Waals surface area (Å²) in [6.07, 6.45) is 5.61. The first-order valence-corrected chi connectivity index (χ1v) is 6.25. The lowest BCUT2D eigenvalue weighted by atomic mass is 10.0. The molecule has 1 saturated heterocycles. The number of piperidine rings is 1. The summed E-state index contributed by atoms with van der Waals surface area (Å²) in [5, 5.41) is 4.30. The van der Waals surface area contributed by atoms with Gasteiger partial charge >= 0.3 is 0 Å². The molecule has 0 radical (unpaired) electrons. The van der Waals surface area contributed by atoms with Gasteiger partial charge in [0.1, 0.15) is 5.82 Å². The van der Waals surface area contributed by atoms with Crippen molar-refractivity contribution in [3.05, 3.63) is 12.3 Å². The van der Waals surface area contributed by atoms with Gasteiger partial charge in [-0.05, 0) is 32.3 Å². The van der Waals surface area contributed by atoms with Crippen LogP contribution in [0.1, 0.15) is 39.2 Å². The maximum absolute atomic E-state index is 5.64. The Morgan fingerprint density at radius 1 is 1.50 bits per heavy atom. The molecule has 1 aliphatic rings. The number of nitrogens with two attached hydrogens (primary N) is 1. The molecule has 0 aliphatic carbocycles. The van der Waals surface area contributed by atoms with Crippen LogP contribution in [-0.2, 0) is 0 Å². The van der Waals surface area contributed by atoms with Gasteiger partial charge in [-0.15, -0.1) is 0 Å². The smallest absolute Gasteiger partial charge is 0.145 e. The van der Waals surface area contributed by atoms with Crippen molar-refractivity contribution in [1.82, 2.24) is 14.7 Å². The molecule has 2 heterocycles. The average molecular weight is 222 g/mol. The molecule has 4 heteroatoms. The summed E-state index contributed by atoms with van der Waals surface area (Å²) in [5.41, 5.74) is 5.64. The minimum atomic E-state index is 0.539. The summed E-state index contributed by atoms with van der Waals surface area (Å²) >= 11 is 0. The zero-order valence-electron chi connectivity index (χ0n) is 10.3. The van der Waals surface area contributed by atoms with E-state index in [0.29, 0.717) is 17.9 Å². The molecule has 4 nitrogen and oxygen atoms in total. The van der Waals surface area contributed by atoms with Gasteiger partial charge in [-0.2, -0.15) is 5.10 Å². The van der Waals surface area contributed by atoms with E-state index < -0.39 is 0 Å². The molecule has 1 aliphatic heterocycles. The minimum Gasteiger partial charge on any atom is -0.382 e. The standard InChI is InChI=1S/C12H22N4/c1-3-10(2)15-7-4-11(5-8-15)16-9-6-12(13)14-16/h6,9-11H,3-5,7-8H2,1-2H3,(H2,13,14). The van der Waals surface area contributed by atoms with Crippen LogP contribution in [0.3, 0.4) is 0 Å². The second kappa shape index (κ2) is 4.87. The molecular formula is C12H22N4. The van der Waals surface area contributed by atoms with Crippen LogP contribution >= 0.6 is 0 Å². The summed E-state index contributed by atoms with van der Waals surface area (Å²) in [6.45, 7) is 6.93. The fourth-order valence-corrected chi connectivity index (χ4v) is 2.41. The van der Waals surface area contributed by atoms with Gasteiger partial charge in [-0.25, -0.2) is 0 Å². The van der Waals surface area contributed by atoms with Crippen molar-refractivity contribution < 1.29 is 0 Å². The Morgan fingerprint density at radius 3 is 2.69 bits per heavy atom. The summed E-state index contributed by atoms with van der Waals surface area (Å²) in [7, 11) is 0. The van der Waals surface area contributed by atoms with Gasteiger partial charge in [-0.1, -0.05) is 6.92 Å². The minimum absolute atomic E-state index is 0.539. The maximum Gasteiger partial charge on any atom is 0.145 e. The van der Waals surface area contributed by atoms with Crippen molar-refractivity contribution in [1.29, 1.82) is 0 Å². The third-order valence-corrected chi connectivity index (χ3v) is 3.72. The summed E-state index contributed by atoms with van der Waals surface area (Å²) in [6, 6.07) is 3.13.